The fourth-order valence-electron chi connectivity index (χ4n) is 1.90. The monoisotopic (exact) mass is 278 g/mol. The lowest BCUT2D eigenvalue weighted by Gasteiger charge is -2.06. The second-order valence-corrected chi connectivity index (χ2v) is 7.20. The molecule has 0 unspecified atom stereocenters. The zero-order valence-electron chi connectivity index (χ0n) is 10.7. The maximum absolute atomic E-state index is 11.4. The molecule has 0 saturated carbocycles. The first-order valence-corrected chi connectivity index (χ1v) is 8.03. The van der Waals surface area contributed by atoms with Crippen LogP contribution in [0.2, 0.25) is 0 Å². The van der Waals surface area contributed by atoms with Gasteiger partial charge in [0.15, 0.2) is 0 Å². The third-order valence-corrected chi connectivity index (χ3v) is 4.25. The van der Waals surface area contributed by atoms with Crippen LogP contribution in [0.4, 0.5) is 0 Å². The largest absolute Gasteiger partial charge is 0.268 e. The van der Waals surface area contributed by atoms with Crippen molar-refractivity contribution in [1.29, 1.82) is 0 Å². The SMILES string of the molecule is Cc1nn(CCCC(C)C)c(C)c1S(=O)(=O)Cl. The Hall–Kier alpha value is -0.550. The van der Waals surface area contributed by atoms with Crippen molar-refractivity contribution in [3.05, 3.63) is 11.4 Å². The van der Waals surface area contributed by atoms with Crippen molar-refractivity contribution >= 4 is 19.7 Å². The van der Waals surface area contributed by atoms with Crippen LogP contribution in [0.25, 0.3) is 0 Å². The predicted molar refractivity (Wildman–Crippen MR) is 68.8 cm³/mol. The van der Waals surface area contributed by atoms with Crippen molar-refractivity contribution in [2.75, 3.05) is 0 Å². The van der Waals surface area contributed by atoms with E-state index in [0.29, 0.717) is 17.3 Å². The average molecular weight is 279 g/mol. The van der Waals surface area contributed by atoms with Crippen LogP contribution in [-0.4, -0.2) is 18.2 Å². The summed E-state index contributed by atoms with van der Waals surface area (Å²) in [6.45, 7) is 8.47. The van der Waals surface area contributed by atoms with E-state index in [1.54, 1.807) is 18.5 Å². The van der Waals surface area contributed by atoms with E-state index in [2.05, 4.69) is 18.9 Å². The van der Waals surface area contributed by atoms with E-state index in [-0.39, 0.29) is 4.90 Å². The van der Waals surface area contributed by atoms with E-state index in [9.17, 15) is 8.42 Å². The maximum atomic E-state index is 11.4. The summed E-state index contributed by atoms with van der Waals surface area (Å²) in [7, 11) is 1.69. The molecular formula is C11H19ClN2O2S. The molecule has 0 aliphatic carbocycles. The molecule has 1 rings (SSSR count). The van der Waals surface area contributed by atoms with Crippen molar-refractivity contribution in [1.82, 2.24) is 9.78 Å². The maximum Gasteiger partial charge on any atom is 0.264 e. The van der Waals surface area contributed by atoms with Gasteiger partial charge in [-0.2, -0.15) is 5.10 Å². The summed E-state index contributed by atoms with van der Waals surface area (Å²) >= 11 is 0. The molecule has 0 fully saturated rings. The molecule has 0 spiro atoms. The second kappa shape index (κ2) is 5.40. The normalized spacial score (nSPS) is 12.4. The standard InChI is InChI=1S/C11H19ClN2O2S/c1-8(2)6-5-7-14-10(4)11(9(3)13-14)17(12,15)16/h8H,5-7H2,1-4H3. The molecule has 1 aromatic rings. The van der Waals surface area contributed by atoms with Gasteiger partial charge < -0.3 is 0 Å². The molecule has 0 aromatic carbocycles. The number of hydrogen-bond donors (Lipinski definition) is 0. The lowest BCUT2D eigenvalue weighted by atomic mass is 10.1. The van der Waals surface area contributed by atoms with Crippen LogP contribution in [-0.2, 0) is 15.6 Å². The Morgan fingerprint density at radius 3 is 2.35 bits per heavy atom. The Balaban J connectivity index is 2.90. The van der Waals surface area contributed by atoms with E-state index in [1.165, 1.54) is 0 Å². The van der Waals surface area contributed by atoms with Gasteiger partial charge in [0.1, 0.15) is 4.90 Å². The zero-order chi connectivity index (χ0) is 13.2. The highest BCUT2D eigenvalue weighted by molar-refractivity contribution is 8.13. The molecule has 0 atom stereocenters. The fraction of sp³-hybridized carbons (Fsp3) is 0.727. The van der Waals surface area contributed by atoms with Crippen molar-refractivity contribution in [2.24, 2.45) is 5.92 Å². The van der Waals surface area contributed by atoms with Gasteiger partial charge in [-0.15, -0.1) is 0 Å². The highest BCUT2D eigenvalue weighted by Gasteiger charge is 2.22. The number of hydrogen-bond acceptors (Lipinski definition) is 3. The summed E-state index contributed by atoms with van der Waals surface area (Å²) < 4.78 is 24.5. The Labute approximate surface area is 107 Å². The van der Waals surface area contributed by atoms with Gasteiger partial charge in [0, 0.05) is 17.2 Å². The molecule has 1 heterocycles. The minimum absolute atomic E-state index is 0.156. The van der Waals surface area contributed by atoms with E-state index in [0.717, 1.165) is 19.4 Å². The zero-order valence-corrected chi connectivity index (χ0v) is 12.3. The van der Waals surface area contributed by atoms with Crippen molar-refractivity contribution in [3.8, 4) is 0 Å². The summed E-state index contributed by atoms with van der Waals surface area (Å²) in [5.41, 5.74) is 1.10. The third kappa shape index (κ3) is 3.71. The number of rotatable bonds is 5. The van der Waals surface area contributed by atoms with Gasteiger partial charge in [-0.3, -0.25) is 4.68 Å². The van der Waals surface area contributed by atoms with Gasteiger partial charge in [-0.1, -0.05) is 13.8 Å². The van der Waals surface area contributed by atoms with Gasteiger partial charge in [-0.25, -0.2) is 8.42 Å². The Morgan fingerprint density at radius 1 is 1.35 bits per heavy atom. The molecule has 4 nitrogen and oxygen atoms in total. The van der Waals surface area contributed by atoms with Crippen molar-refractivity contribution in [2.45, 2.75) is 52.0 Å². The van der Waals surface area contributed by atoms with Crippen LogP contribution in [0.1, 0.15) is 38.1 Å². The fourth-order valence-corrected chi connectivity index (χ4v) is 3.42. The molecule has 0 amide bonds. The third-order valence-electron chi connectivity index (χ3n) is 2.71. The van der Waals surface area contributed by atoms with Crippen LogP contribution in [0.5, 0.6) is 0 Å². The second-order valence-electron chi connectivity index (χ2n) is 4.70. The van der Waals surface area contributed by atoms with Crippen LogP contribution < -0.4 is 0 Å². The van der Waals surface area contributed by atoms with Crippen molar-refractivity contribution in [3.63, 3.8) is 0 Å². The van der Waals surface area contributed by atoms with Gasteiger partial charge >= 0.3 is 0 Å². The molecule has 98 valence electrons. The van der Waals surface area contributed by atoms with Crippen LogP contribution in [0.15, 0.2) is 4.90 Å². The Kier molecular flexibility index (Phi) is 4.61. The lowest BCUT2D eigenvalue weighted by molar-refractivity contribution is 0.482. The summed E-state index contributed by atoms with van der Waals surface area (Å²) in [6.07, 6.45) is 2.09. The smallest absolute Gasteiger partial charge is 0.264 e. The Bertz CT molecular complexity index is 492. The quantitative estimate of drug-likeness (QED) is 0.778. The number of halogens is 1. The molecular weight excluding hydrogens is 260 g/mol. The van der Waals surface area contributed by atoms with Gasteiger partial charge in [0.25, 0.3) is 9.05 Å². The van der Waals surface area contributed by atoms with Crippen molar-refractivity contribution < 1.29 is 8.42 Å². The van der Waals surface area contributed by atoms with E-state index in [1.807, 2.05) is 0 Å². The lowest BCUT2D eigenvalue weighted by Crippen LogP contribution is -2.04. The summed E-state index contributed by atoms with van der Waals surface area (Å²) in [5, 5.41) is 4.23. The van der Waals surface area contributed by atoms with Crippen LogP contribution >= 0.6 is 10.7 Å². The van der Waals surface area contributed by atoms with Crippen LogP contribution in [0.3, 0.4) is 0 Å². The van der Waals surface area contributed by atoms with Gasteiger partial charge in [-0.05, 0) is 32.6 Å². The number of aryl methyl sites for hydroxylation is 2. The molecule has 0 aliphatic heterocycles. The number of nitrogens with zero attached hydrogens (tertiary/aromatic N) is 2. The molecule has 17 heavy (non-hydrogen) atoms. The first kappa shape index (κ1) is 14.5. The van der Waals surface area contributed by atoms with Gasteiger partial charge in [0.05, 0.1) is 11.4 Å². The first-order valence-electron chi connectivity index (χ1n) is 5.72. The summed E-state index contributed by atoms with van der Waals surface area (Å²) in [6, 6.07) is 0. The van der Waals surface area contributed by atoms with E-state index in [4.69, 9.17) is 10.7 Å². The minimum Gasteiger partial charge on any atom is -0.268 e. The summed E-state index contributed by atoms with van der Waals surface area (Å²) in [4.78, 5) is 0.156. The highest BCUT2D eigenvalue weighted by atomic mass is 35.7. The van der Waals surface area contributed by atoms with Gasteiger partial charge in [0.2, 0.25) is 0 Å². The molecule has 0 saturated heterocycles. The molecule has 1 aromatic heterocycles. The molecule has 0 aliphatic rings. The van der Waals surface area contributed by atoms with E-state index < -0.39 is 9.05 Å². The molecule has 0 bridgehead atoms. The predicted octanol–water partition coefficient (Wildman–Crippen LogP) is 2.86. The number of aromatic nitrogens is 2. The summed E-state index contributed by atoms with van der Waals surface area (Å²) in [5.74, 6) is 0.642. The van der Waals surface area contributed by atoms with E-state index >= 15 is 0 Å². The average Bonchev–Trinajstić information content (AvgIpc) is 2.40. The van der Waals surface area contributed by atoms with Crippen LogP contribution in [0, 0.1) is 19.8 Å². The first-order chi connectivity index (χ1) is 7.73. The molecule has 0 N–H and O–H groups in total. The highest BCUT2D eigenvalue weighted by Crippen LogP contribution is 2.23. The molecule has 0 radical (unpaired) electrons. The molecule has 6 heteroatoms. The Morgan fingerprint density at radius 2 is 1.94 bits per heavy atom. The minimum atomic E-state index is -3.70. The topological polar surface area (TPSA) is 52.0 Å².